The maximum Gasteiger partial charge on any atom is 0.124 e. The van der Waals surface area contributed by atoms with Gasteiger partial charge in [-0.15, -0.1) is 0 Å². The Balaban J connectivity index is 2.10. The van der Waals surface area contributed by atoms with Crippen molar-refractivity contribution in [2.75, 3.05) is 46.0 Å². The third kappa shape index (κ3) is 4.99. The molecule has 1 saturated heterocycles. The zero-order chi connectivity index (χ0) is 14.9. The molecule has 118 valence electrons. The van der Waals surface area contributed by atoms with E-state index in [1.165, 1.54) is 5.56 Å². The smallest absolute Gasteiger partial charge is 0.124 e. The van der Waals surface area contributed by atoms with Gasteiger partial charge in [0, 0.05) is 31.2 Å². The number of nitrogens with zero attached hydrogens (tertiary/aromatic N) is 1. The zero-order valence-corrected chi connectivity index (χ0v) is 13.3. The van der Waals surface area contributed by atoms with Crippen LogP contribution in [0, 0.1) is 0 Å². The van der Waals surface area contributed by atoms with E-state index in [9.17, 15) is 0 Å². The third-order valence-electron chi connectivity index (χ3n) is 3.78. The predicted molar refractivity (Wildman–Crippen MR) is 85.9 cm³/mol. The lowest BCUT2D eigenvalue weighted by molar-refractivity contribution is 0.0333. The van der Waals surface area contributed by atoms with E-state index in [-0.39, 0.29) is 0 Å². The molecule has 1 atom stereocenters. The minimum Gasteiger partial charge on any atom is -0.494 e. The highest BCUT2D eigenvalue weighted by atomic mass is 16.5. The third-order valence-corrected chi connectivity index (χ3v) is 3.78. The zero-order valence-electron chi connectivity index (χ0n) is 13.3. The highest BCUT2D eigenvalue weighted by Crippen LogP contribution is 2.26. The number of hydrogen-bond acceptors (Lipinski definition) is 4. The summed E-state index contributed by atoms with van der Waals surface area (Å²) in [6.45, 7) is 10.7. The van der Waals surface area contributed by atoms with Crippen LogP contribution in [0.25, 0.3) is 0 Å². The minimum atomic E-state index is 0.311. The van der Waals surface area contributed by atoms with Crippen LogP contribution < -0.4 is 10.1 Å². The van der Waals surface area contributed by atoms with Crippen LogP contribution in [0.1, 0.15) is 31.9 Å². The van der Waals surface area contributed by atoms with Gasteiger partial charge in [0.1, 0.15) is 5.75 Å². The highest BCUT2D eigenvalue weighted by Gasteiger charge is 2.20. The van der Waals surface area contributed by atoms with E-state index < -0.39 is 0 Å². The van der Waals surface area contributed by atoms with Crippen molar-refractivity contribution >= 4 is 0 Å². The van der Waals surface area contributed by atoms with E-state index in [1.54, 1.807) is 0 Å². The van der Waals surface area contributed by atoms with Crippen molar-refractivity contribution < 1.29 is 9.47 Å². The van der Waals surface area contributed by atoms with Crippen molar-refractivity contribution in [3.05, 3.63) is 29.8 Å². The van der Waals surface area contributed by atoms with Crippen molar-refractivity contribution in [2.45, 2.75) is 26.3 Å². The summed E-state index contributed by atoms with van der Waals surface area (Å²) in [5.74, 6) is 1.00. The van der Waals surface area contributed by atoms with E-state index in [2.05, 4.69) is 35.3 Å². The number of benzene rings is 1. The molecule has 1 aromatic rings. The molecule has 1 aromatic carbocycles. The van der Waals surface area contributed by atoms with Gasteiger partial charge in [0.15, 0.2) is 0 Å². The lowest BCUT2D eigenvalue weighted by atomic mass is 10.0. The van der Waals surface area contributed by atoms with Crippen molar-refractivity contribution in [3.8, 4) is 5.75 Å². The Morgan fingerprint density at radius 1 is 1.24 bits per heavy atom. The molecule has 21 heavy (non-hydrogen) atoms. The number of nitrogens with one attached hydrogen (secondary N) is 1. The molecule has 0 radical (unpaired) electrons. The van der Waals surface area contributed by atoms with Crippen molar-refractivity contribution in [1.82, 2.24) is 10.2 Å². The van der Waals surface area contributed by atoms with Gasteiger partial charge in [0.2, 0.25) is 0 Å². The highest BCUT2D eigenvalue weighted by molar-refractivity contribution is 5.36. The summed E-state index contributed by atoms with van der Waals surface area (Å²) in [6.07, 6.45) is 1.14. The largest absolute Gasteiger partial charge is 0.494 e. The first-order valence-corrected chi connectivity index (χ1v) is 8.10. The second-order valence-corrected chi connectivity index (χ2v) is 5.39. The van der Waals surface area contributed by atoms with Gasteiger partial charge < -0.3 is 14.8 Å². The number of hydrogen-bond donors (Lipinski definition) is 1. The number of ether oxygens (including phenoxy) is 2. The monoisotopic (exact) mass is 292 g/mol. The van der Waals surface area contributed by atoms with E-state index in [4.69, 9.17) is 9.47 Å². The van der Waals surface area contributed by atoms with E-state index in [0.29, 0.717) is 12.6 Å². The fourth-order valence-corrected chi connectivity index (χ4v) is 2.69. The van der Waals surface area contributed by atoms with Crippen LogP contribution in [-0.2, 0) is 4.74 Å². The Hall–Kier alpha value is -1.10. The average molecular weight is 292 g/mol. The molecule has 1 N–H and O–H groups in total. The molecule has 1 aliphatic heterocycles. The normalized spacial score (nSPS) is 17.6. The topological polar surface area (TPSA) is 33.7 Å². The lowest BCUT2D eigenvalue weighted by Gasteiger charge is -2.31. The van der Waals surface area contributed by atoms with Gasteiger partial charge in [-0.25, -0.2) is 0 Å². The summed E-state index contributed by atoms with van der Waals surface area (Å²) >= 11 is 0. The SMILES string of the molecule is CCCNC(CN1CCOCC1)c1ccccc1OCC. The van der Waals surface area contributed by atoms with Gasteiger partial charge >= 0.3 is 0 Å². The van der Waals surface area contributed by atoms with Gasteiger partial charge in [-0.2, -0.15) is 0 Å². The Morgan fingerprint density at radius 2 is 2.00 bits per heavy atom. The van der Waals surface area contributed by atoms with Crippen LogP contribution in [0.5, 0.6) is 5.75 Å². The van der Waals surface area contributed by atoms with Crippen molar-refractivity contribution in [3.63, 3.8) is 0 Å². The number of rotatable bonds is 8. The van der Waals surface area contributed by atoms with Crippen LogP contribution in [0.4, 0.5) is 0 Å². The predicted octanol–water partition coefficient (Wildman–Crippen LogP) is 2.46. The van der Waals surface area contributed by atoms with Crippen LogP contribution >= 0.6 is 0 Å². The molecule has 0 aromatic heterocycles. The average Bonchev–Trinajstić information content (AvgIpc) is 2.53. The molecular formula is C17H28N2O2. The lowest BCUT2D eigenvalue weighted by Crippen LogP contribution is -2.42. The molecule has 0 saturated carbocycles. The standard InChI is InChI=1S/C17H28N2O2/c1-3-9-18-16(14-19-10-12-20-13-11-19)15-7-5-6-8-17(15)21-4-2/h5-8,16,18H,3-4,9-14H2,1-2H3. The molecule has 0 amide bonds. The number of morpholine rings is 1. The maximum absolute atomic E-state index is 5.80. The second-order valence-electron chi connectivity index (χ2n) is 5.39. The fourth-order valence-electron chi connectivity index (χ4n) is 2.69. The first-order valence-electron chi connectivity index (χ1n) is 8.10. The molecule has 2 rings (SSSR count). The Labute approximate surface area is 128 Å². The summed E-state index contributed by atoms with van der Waals surface area (Å²) in [6, 6.07) is 8.70. The minimum absolute atomic E-state index is 0.311. The molecular weight excluding hydrogens is 264 g/mol. The van der Waals surface area contributed by atoms with Crippen LogP contribution in [0.15, 0.2) is 24.3 Å². The summed E-state index contributed by atoms with van der Waals surface area (Å²) in [4.78, 5) is 2.47. The molecule has 1 heterocycles. The van der Waals surface area contributed by atoms with Crippen molar-refractivity contribution in [1.29, 1.82) is 0 Å². The molecule has 0 bridgehead atoms. The Kier molecular flexibility index (Phi) is 7.00. The van der Waals surface area contributed by atoms with E-state index in [1.807, 2.05) is 13.0 Å². The first-order chi connectivity index (χ1) is 10.3. The molecule has 4 nitrogen and oxygen atoms in total. The molecule has 1 unspecified atom stereocenters. The van der Waals surface area contributed by atoms with E-state index in [0.717, 1.165) is 51.6 Å². The van der Waals surface area contributed by atoms with Crippen LogP contribution in [0.3, 0.4) is 0 Å². The first kappa shape index (κ1) is 16.3. The van der Waals surface area contributed by atoms with Gasteiger partial charge in [-0.3, -0.25) is 4.90 Å². The van der Waals surface area contributed by atoms with Gasteiger partial charge in [0.05, 0.1) is 19.8 Å². The van der Waals surface area contributed by atoms with Gasteiger partial charge in [-0.05, 0) is 26.0 Å². The Morgan fingerprint density at radius 3 is 2.71 bits per heavy atom. The molecule has 1 aliphatic rings. The summed E-state index contributed by atoms with van der Waals surface area (Å²) in [5.41, 5.74) is 1.26. The van der Waals surface area contributed by atoms with Gasteiger partial charge in [-0.1, -0.05) is 25.1 Å². The molecule has 0 spiro atoms. The quantitative estimate of drug-likeness (QED) is 0.798. The van der Waals surface area contributed by atoms with Crippen molar-refractivity contribution in [2.24, 2.45) is 0 Å². The second kappa shape index (κ2) is 9.03. The molecule has 4 heteroatoms. The summed E-state index contributed by atoms with van der Waals surface area (Å²) < 4.78 is 11.2. The maximum atomic E-state index is 5.80. The molecule has 0 aliphatic carbocycles. The van der Waals surface area contributed by atoms with Crippen LogP contribution in [-0.4, -0.2) is 50.9 Å². The summed E-state index contributed by atoms with van der Waals surface area (Å²) in [7, 11) is 0. The van der Waals surface area contributed by atoms with Gasteiger partial charge in [0.25, 0.3) is 0 Å². The summed E-state index contributed by atoms with van der Waals surface area (Å²) in [5, 5.41) is 3.67. The van der Waals surface area contributed by atoms with Crippen LogP contribution in [0.2, 0.25) is 0 Å². The van der Waals surface area contributed by atoms with E-state index >= 15 is 0 Å². The molecule has 1 fully saturated rings. The Bertz CT molecular complexity index is 406. The fraction of sp³-hybridized carbons (Fsp3) is 0.647. The number of para-hydroxylation sites is 1.